The van der Waals surface area contributed by atoms with Crippen LogP contribution in [-0.4, -0.2) is 55.1 Å². The van der Waals surface area contributed by atoms with Gasteiger partial charge in [0.05, 0.1) is 0 Å². The Morgan fingerprint density at radius 1 is 1.06 bits per heavy atom. The van der Waals surface area contributed by atoms with E-state index in [4.69, 9.17) is 5.73 Å². The van der Waals surface area contributed by atoms with Gasteiger partial charge < -0.3 is 10.6 Å². The Labute approximate surface area is 113 Å². The first-order valence-electron chi connectivity index (χ1n) is 7.85. The smallest absolute Gasteiger partial charge is 0.0232 e. The first-order chi connectivity index (χ1) is 8.70. The van der Waals surface area contributed by atoms with E-state index in [1.165, 1.54) is 51.7 Å². The Kier molecular flexibility index (Phi) is 5.46. The average Bonchev–Trinajstić information content (AvgIpc) is 2.51. The molecule has 106 valence electrons. The predicted octanol–water partition coefficient (Wildman–Crippen LogP) is 1.92. The lowest BCUT2D eigenvalue weighted by atomic mass is 9.93. The molecule has 2 rings (SSSR count). The van der Waals surface area contributed by atoms with Crippen LogP contribution < -0.4 is 5.73 Å². The molecule has 0 bridgehead atoms. The van der Waals surface area contributed by atoms with Gasteiger partial charge in [-0.05, 0) is 38.8 Å². The summed E-state index contributed by atoms with van der Waals surface area (Å²) in [5.74, 6) is 0.791. The van der Waals surface area contributed by atoms with Gasteiger partial charge in [0.2, 0.25) is 0 Å². The van der Waals surface area contributed by atoms with Crippen LogP contribution in [0.4, 0.5) is 0 Å². The van der Waals surface area contributed by atoms with E-state index in [0.717, 1.165) is 24.9 Å². The lowest BCUT2D eigenvalue weighted by molar-refractivity contribution is 0.130. The van der Waals surface area contributed by atoms with Gasteiger partial charge >= 0.3 is 0 Å². The van der Waals surface area contributed by atoms with Crippen molar-refractivity contribution in [1.29, 1.82) is 0 Å². The molecule has 2 N–H and O–H groups in total. The summed E-state index contributed by atoms with van der Waals surface area (Å²) in [6.45, 7) is 6.98. The fourth-order valence-electron chi connectivity index (χ4n) is 3.83. The normalized spacial score (nSPS) is 33.5. The highest BCUT2D eigenvalue weighted by Gasteiger charge is 2.29. The Morgan fingerprint density at radius 3 is 2.44 bits per heavy atom. The molecule has 1 saturated heterocycles. The van der Waals surface area contributed by atoms with Gasteiger partial charge in [-0.3, -0.25) is 4.90 Å². The topological polar surface area (TPSA) is 32.5 Å². The van der Waals surface area contributed by atoms with Crippen molar-refractivity contribution >= 4 is 0 Å². The average molecular weight is 253 g/mol. The maximum Gasteiger partial charge on any atom is 0.0232 e. The van der Waals surface area contributed by atoms with Crippen molar-refractivity contribution in [2.45, 2.75) is 57.5 Å². The second kappa shape index (κ2) is 6.88. The Bertz CT molecular complexity index is 238. The van der Waals surface area contributed by atoms with Crippen LogP contribution in [0.2, 0.25) is 0 Å². The largest absolute Gasteiger partial charge is 0.330 e. The van der Waals surface area contributed by atoms with E-state index in [9.17, 15) is 0 Å². The van der Waals surface area contributed by atoms with E-state index in [0.29, 0.717) is 6.04 Å². The van der Waals surface area contributed by atoms with Gasteiger partial charge in [0.15, 0.2) is 0 Å². The third-order valence-corrected chi connectivity index (χ3v) is 4.81. The summed E-state index contributed by atoms with van der Waals surface area (Å²) in [7, 11) is 2.28. The minimum atomic E-state index is 0.668. The number of likely N-dealkylation sites (N-methyl/N-ethyl adjacent to an activating group) is 1. The zero-order chi connectivity index (χ0) is 13.0. The van der Waals surface area contributed by atoms with Crippen LogP contribution >= 0.6 is 0 Å². The number of nitrogens with two attached hydrogens (primary N) is 1. The first-order valence-corrected chi connectivity index (χ1v) is 7.85. The minimum absolute atomic E-state index is 0.668. The SMILES string of the molecule is CC1CN(C)C(CCN)CN(C2CCCCC2)C1. The monoisotopic (exact) mass is 253 g/mol. The van der Waals surface area contributed by atoms with Gasteiger partial charge in [-0.25, -0.2) is 0 Å². The maximum atomic E-state index is 5.79. The Balaban J connectivity index is 1.99. The van der Waals surface area contributed by atoms with Gasteiger partial charge in [0.1, 0.15) is 0 Å². The summed E-state index contributed by atoms with van der Waals surface area (Å²) in [6.07, 6.45) is 8.32. The van der Waals surface area contributed by atoms with Gasteiger partial charge in [-0.2, -0.15) is 0 Å². The molecule has 2 fully saturated rings. The molecule has 3 nitrogen and oxygen atoms in total. The molecule has 3 heteroatoms. The molecule has 2 atom stereocenters. The summed E-state index contributed by atoms with van der Waals surface area (Å²) in [4.78, 5) is 5.33. The molecule has 0 amide bonds. The van der Waals surface area contributed by atoms with E-state index in [2.05, 4.69) is 23.8 Å². The van der Waals surface area contributed by atoms with Crippen LogP contribution in [0.25, 0.3) is 0 Å². The number of hydrogen-bond acceptors (Lipinski definition) is 3. The van der Waals surface area contributed by atoms with Crippen LogP contribution in [0.1, 0.15) is 45.4 Å². The Hall–Kier alpha value is -0.120. The summed E-state index contributed by atoms with van der Waals surface area (Å²) >= 11 is 0. The summed E-state index contributed by atoms with van der Waals surface area (Å²) in [5, 5.41) is 0. The van der Waals surface area contributed by atoms with E-state index in [1.54, 1.807) is 0 Å². The molecule has 1 aliphatic carbocycles. The number of hydrogen-bond donors (Lipinski definition) is 1. The molecule has 1 heterocycles. The summed E-state index contributed by atoms with van der Waals surface area (Å²) in [6, 6.07) is 1.52. The van der Waals surface area contributed by atoms with Crippen LogP contribution in [-0.2, 0) is 0 Å². The van der Waals surface area contributed by atoms with Crippen molar-refractivity contribution < 1.29 is 0 Å². The first kappa shape index (κ1) is 14.3. The second-order valence-corrected chi connectivity index (χ2v) is 6.52. The highest BCUT2D eigenvalue weighted by molar-refractivity contribution is 4.86. The van der Waals surface area contributed by atoms with E-state index in [-0.39, 0.29) is 0 Å². The highest BCUT2D eigenvalue weighted by Crippen LogP contribution is 2.26. The summed E-state index contributed by atoms with van der Waals surface area (Å²) in [5.41, 5.74) is 5.79. The van der Waals surface area contributed by atoms with Gasteiger partial charge in [0.25, 0.3) is 0 Å². The minimum Gasteiger partial charge on any atom is -0.330 e. The number of rotatable bonds is 3. The van der Waals surface area contributed by atoms with Gasteiger partial charge in [-0.15, -0.1) is 0 Å². The Morgan fingerprint density at radius 2 is 1.78 bits per heavy atom. The number of nitrogens with zero attached hydrogens (tertiary/aromatic N) is 2. The molecule has 0 spiro atoms. The second-order valence-electron chi connectivity index (χ2n) is 6.52. The van der Waals surface area contributed by atoms with Crippen molar-refractivity contribution in [3.05, 3.63) is 0 Å². The predicted molar refractivity (Wildman–Crippen MR) is 77.7 cm³/mol. The van der Waals surface area contributed by atoms with Gasteiger partial charge in [-0.1, -0.05) is 26.2 Å². The van der Waals surface area contributed by atoms with Crippen molar-refractivity contribution in [3.63, 3.8) is 0 Å². The molecular formula is C15H31N3. The standard InChI is InChI=1S/C15H31N3/c1-13-10-17(2)15(8-9-16)12-18(11-13)14-6-4-3-5-7-14/h13-15H,3-12,16H2,1-2H3. The lowest BCUT2D eigenvalue weighted by Gasteiger charge is -2.36. The van der Waals surface area contributed by atoms with Crippen LogP contribution in [0.5, 0.6) is 0 Å². The van der Waals surface area contributed by atoms with Crippen LogP contribution in [0, 0.1) is 5.92 Å². The zero-order valence-electron chi connectivity index (χ0n) is 12.3. The highest BCUT2D eigenvalue weighted by atomic mass is 15.2. The quantitative estimate of drug-likeness (QED) is 0.834. The molecular weight excluding hydrogens is 222 g/mol. The van der Waals surface area contributed by atoms with Gasteiger partial charge in [0, 0.05) is 31.7 Å². The summed E-state index contributed by atoms with van der Waals surface area (Å²) < 4.78 is 0. The lowest BCUT2D eigenvalue weighted by Crippen LogP contribution is -2.44. The molecule has 1 aliphatic heterocycles. The molecule has 2 unspecified atom stereocenters. The van der Waals surface area contributed by atoms with Crippen molar-refractivity contribution in [2.24, 2.45) is 11.7 Å². The third kappa shape index (κ3) is 3.69. The molecule has 2 aliphatic rings. The molecule has 0 aromatic heterocycles. The third-order valence-electron chi connectivity index (χ3n) is 4.81. The van der Waals surface area contributed by atoms with E-state index in [1.807, 2.05) is 0 Å². The maximum absolute atomic E-state index is 5.79. The fourth-order valence-corrected chi connectivity index (χ4v) is 3.83. The zero-order valence-corrected chi connectivity index (χ0v) is 12.3. The van der Waals surface area contributed by atoms with Crippen LogP contribution in [0.3, 0.4) is 0 Å². The van der Waals surface area contributed by atoms with E-state index < -0.39 is 0 Å². The fraction of sp³-hybridized carbons (Fsp3) is 1.00. The van der Waals surface area contributed by atoms with Crippen molar-refractivity contribution in [1.82, 2.24) is 9.80 Å². The van der Waals surface area contributed by atoms with E-state index >= 15 is 0 Å². The van der Waals surface area contributed by atoms with Crippen LogP contribution in [0.15, 0.2) is 0 Å². The van der Waals surface area contributed by atoms with Crippen molar-refractivity contribution in [3.8, 4) is 0 Å². The molecule has 0 aromatic carbocycles. The van der Waals surface area contributed by atoms with Crippen molar-refractivity contribution in [2.75, 3.05) is 33.2 Å². The molecule has 1 saturated carbocycles. The molecule has 0 aromatic rings. The molecule has 0 radical (unpaired) electrons. The molecule has 18 heavy (non-hydrogen) atoms.